The Morgan fingerprint density at radius 2 is 0.500 bits per heavy atom. The molecule has 9 rings (SSSR count). The van der Waals surface area contributed by atoms with Crippen molar-refractivity contribution in [3.8, 4) is 89.8 Å². The van der Waals surface area contributed by atoms with Crippen molar-refractivity contribution < 1.29 is 0 Å². The third-order valence-electron chi connectivity index (χ3n) is 10.8. The Kier molecular flexibility index (Phi) is 10.0. The molecule has 0 aliphatic heterocycles. The van der Waals surface area contributed by atoms with Gasteiger partial charge in [-0.3, -0.25) is 0 Å². The first-order chi connectivity index (χ1) is 28.3. The van der Waals surface area contributed by atoms with Gasteiger partial charge in [-0.1, -0.05) is 219 Å². The van der Waals surface area contributed by atoms with Gasteiger partial charge in [0, 0.05) is 16.7 Å². The summed E-state index contributed by atoms with van der Waals surface area (Å²) in [6, 6.07) is 73.2. The normalized spacial score (nSPS) is 11.4. The molecule has 1 aromatic heterocycles. The lowest BCUT2D eigenvalue weighted by Crippen LogP contribution is -2.37. The van der Waals surface area contributed by atoms with E-state index in [4.69, 9.17) is 15.0 Å². The maximum Gasteiger partial charge on any atom is 0.164 e. The zero-order chi connectivity index (χ0) is 39.5. The molecule has 0 fully saturated rings. The summed E-state index contributed by atoms with van der Waals surface area (Å²) in [5.41, 5.74) is 14.8. The van der Waals surface area contributed by atoms with Gasteiger partial charge in [0.05, 0.1) is 8.07 Å². The second-order valence-corrected chi connectivity index (χ2v) is 20.8. The van der Waals surface area contributed by atoms with Crippen LogP contribution < -0.4 is 5.19 Å². The van der Waals surface area contributed by atoms with Gasteiger partial charge >= 0.3 is 0 Å². The first-order valence-electron chi connectivity index (χ1n) is 19.8. The van der Waals surface area contributed by atoms with Gasteiger partial charge in [0.1, 0.15) is 0 Å². The van der Waals surface area contributed by atoms with Crippen LogP contribution in [-0.2, 0) is 0 Å². The summed E-state index contributed by atoms with van der Waals surface area (Å²) < 4.78 is 0. The van der Waals surface area contributed by atoms with E-state index < -0.39 is 8.07 Å². The highest BCUT2D eigenvalue weighted by Crippen LogP contribution is 2.33. The number of rotatable bonds is 9. The van der Waals surface area contributed by atoms with Crippen molar-refractivity contribution in [2.24, 2.45) is 0 Å². The molecule has 58 heavy (non-hydrogen) atoms. The van der Waals surface area contributed by atoms with Crippen LogP contribution in [0, 0.1) is 0 Å². The smallest absolute Gasteiger partial charge is 0.164 e. The third kappa shape index (κ3) is 7.97. The molecule has 0 unspecified atom stereocenters. The molecule has 0 bridgehead atoms. The molecule has 0 radical (unpaired) electrons. The van der Waals surface area contributed by atoms with Gasteiger partial charge in [0.25, 0.3) is 0 Å². The zero-order valence-corrected chi connectivity index (χ0v) is 34.0. The van der Waals surface area contributed by atoms with Gasteiger partial charge in [0.15, 0.2) is 17.5 Å². The lowest BCUT2D eigenvalue weighted by atomic mass is 9.95. The number of hydrogen-bond donors (Lipinski definition) is 0. The standard InChI is InChI=1S/C54H43N3Si/c1-58(2,3)51-34-32-41(33-35-51)40-24-28-43(29-25-40)48-17-10-16-47(36-48)42-26-20-38(21-27-42)39-22-30-44(31-23-39)49-18-11-19-50(37-49)54-56-52(45-12-6-4-7-13-45)55-53(57-54)46-14-8-5-9-15-46/h4-37H,1-3H3. The molecule has 3 nitrogen and oxygen atoms in total. The first-order valence-corrected chi connectivity index (χ1v) is 23.3. The number of aromatic nitrogens is 3. The molecular weight excluding hydrogens is 719 g/mol. The Balaban J connectivity index is 0.922. The minimum Gasteiger partial charge on any atom is -0.208 e. The molecule has 0 aliphatic carbocycles. The lowest BCUT2D eigenvalue weighted by molar-refractivity contribution is 1.07. The van der Waals surface area contributed by atoms with Gasteiger partial charge in [0.2, 0.25) is 0 Å². The molecule has 278 valence electrons. The van der Waals surface area contributed by atoms with E-state index in [1.807, 2.05) is 60.7 Å². The van der Waals surface area contributed by atoms with Gasteiger partial charge < -0.3 is 0 Å². The van der Waals surface area contributed by atoms with E-state index in [0.29, 0.717) is 17.5 Å². The molecule has 0 saturated heterocycles. The predicted octanol–water partition coefficient (Wildman–Crippen LogP) is 13.8. The minimum atomic E-state index is -1.31. The molecule has 0 amide bonds. The Morgan fingerprint density at radius 1 is 0.241 bits per heavy atom. The highest BCUT2D eigenvalue weighted by molar-refractivity contribution is 6.88. The summed E-state index contributed by atoms with van der Waals surface area (Å²) in [5, 5.41) is 1.49. The molecule has 0 saturated carbocycles. The molecular formula is C54H43N3Si. The molecule has 0 spiro atoms. The van der Waals surface area contributed by atoms with Crippen LogP contribution in [0.2, 0.25) is 19.6 Å². The highest BCUT2D eigenvalue weighted by atomic mass is 28.3. The van der Waals surface area contributed by atoms with E-state index in [1.165, 1.54) is 49.7 Å². The van der Waals surface area contributed by atoms with Crippen LogP contribution in [0.1, 0.15) is 0 Å². The van der Waals surface area contributed by atoms with E-state index in [9.17, 15) is 0 Å². The minimum absolute atomic E-state index is 0.647. The first kappa shape index (κ1) is 36.6. The van der Waals surface area contributed by atoms with Crippen molar-refractivity contribution >= 4 is 13.3 Å². The second kappa shape index (κ2) is 15.9. The van der Waals surface area contributed by atoms with E-state index in [0.717, 1.165) is 27.8 Å². The van der Waals surface area contributed by atoms with Crippen LogP contribution in [-0.4, -0.2) is 23.0 Å². The SMILES string of the molecule is C[Si](C)(C)c1ccc(-c2ccc(-c3cccc(-c4ccc(-c5ccc(-c6cccc(-c7nc(-c8ccccc8)nc(-c8ccccc8)n7)c6)cc5)cc4)c3)cc2)cc1. The average molecular weight is 762 g/mol. The maximum absolute atomic E-state index is 4.94. The quantitative estimate of drug-likeness (QED) is 0.138. The summed E-state index contributed by atoms with van der Waals surface area (Å²) in [4.78, 5) is 14.7. The van der Waals surface area contributed by atoms with Crippen molar-refractivity contribution in [3.05, 3.63) is 206 Å². The van der Waals surface area contributed by atoms with Gasteiger partial charge in [-0.2, -0.15) is 0 Å². The van der Waals surface area contributed by atoms with Crippen LogP contribution in [0.5, 0.6) is 0 Å². The summed E-state index contributed by atoms with van der Waals surface area (Å²) in [5.74, 6) is 1.96. The Hall–Kier alpha value is -7.01. The molecule has 4 heteroatoms. The van der Waals surface area contributed by atoms with Crippen LogP contribution in [0.4, 0.5) is 0 Å². The van der Waals surface area contributed by atoms with E-state index in [1.54, 1.807) is 0 Å². The highest BCUT2D eigenvalue weighted by Gasteiger charge is 2.16. The van der Waals surface area contributed by atoms with E-state index >= 15 is 0 Å². The average Bonchev–Trinajstić information content (AvgIpc) is 3.29. The second-order valence-electron chi connectivity index (χ2n) is 15.8. The Labute approximate surface area is 342 Å². The van der Waals surface area contributed by atoms with Gasteiger partial charge in [-0.05, 0) is 67.8 Å². The molecule has 0 atom stereocenters. The van der Waals surface area contributed by atoms with Gasteiger partial charge in [-0.25, -0.2) is 15.0 Å². The van der Waals surface area contributed by atoms with Crippen molar-refractivity contribution in [1.82, 2.24) is 15.0 Å². The van der Waals surface area contributed by atoms with Crippen LogP contribution in [0.15, 0.2) is 206 Å². The van der Waals surface area contributed by atoms with Crippen molar-refractivity contribution in [2.45, 2.75) is 19.6 Å². The van der Waals surface area contributed by atoms with E-state index in [2.05, 4.69) is 165 Å². The fraction of sp³-hybridized carbons (Fsp3) is 0.0556. The number of nitrogens with zero attached hydrogens (tertiary/aromatic N) is 3. The number of benzene rings is 8. The summed E-state index contributed by atoms with van der Waals surface area (Å²) in [6.07, 6.45) is 0. The molecule has 8 aromatic carbocycles. The van der Waals surface area contributed by atoms with Crippen molar-refractivity contribution in [1.29, 1.82) is 0 Å². The lowest BCUT2D eigenvalue weighted by Gasteiger charge is -2.16. The van der Waals surface area contributed by atoms with Crippen LogP contribution >= 0.6 is 0 Å². The molecule has 1 heterocycles. The summed E-state index contributed by atoms with van der Waals surface area (Å²) in [7, 11) is -1.31. The predicted molar refractivity (Wildman–Crippen MR) is 246 cm³/mol. The van der Waals surface area contributed by atoms with Crippen molar-refractivity contribution in [3.63, 3.8) is 0 Å². The van der Waals surface area contributed by atoms with Crippen molar-refractivity contribution in [2.75, 3.05) is 0 Å². The molecule has 0 aliphatic rings. The molecule has 9 aromatic rings. The van der Waals surface area contributed by atoms with Crippen LogP contribution in [0.25, 0.3) is 89.8 Å². The fourth-order valence-electron chi connectivity index (χ4n) is 7.38. The maximum atomic E-state index is 4.94. The van der Waals surface area contributed by atoms with Crippen LogP contribution in [0.3, 0.4) is 0 Å². The monoisotopic (exact) mass is 761 g/mol. The number of hydrogen-bond acceptors (Lipinski definition) is 3. The Bertz CT molecular complexity index is 2750. The third-order valence-corrected chi connectivity index (χ3v) is 12.8. The topological polar surface area (TPSA) is 38.7 Å². The van der Waals surface area contributed by atoms with Gasteiger partial charge in [-0.15, -0.1) is 0 Å². The summed E-state index contributed by atoms with van der Waals surface area (Å²) in [6.45, 7) is 7.17. The zero-order valence-electron chi connectivity index (χ0n) is 33.0. The fourth-order valence-corrected chi connectivity index (χ4v) is 8.55. The molecule has 0 N–H and O–H groups in total. The van der Waals surface area contributed by atoms with E-state index in [-0.39, 0.29) is 0 Å². The largest absolute Gasteiger partial charge is 0.208 e. The Morgan fingerprint density at radius 3 is 0.845 bits per heavy atom. The summed E-state index contributed by atoms with van der Waals surface area (Å²) >= 11 is 0.